The lowest BCUT2D eigenvalue weighted by atomic mass is 10.1. The number of hydrogen-bond donors (Lipinski definition) is 2. The number of aromatic nitrogens is 3. The molecule has 1 aliphatic rings. The highest BCUT2D eigenvalue weighted by Gasteiger charge is 2.25. The molecule has 0 bridgehead atoms. The summed E-state index contributed by atoms with van der Waals surface area (Å²) in [5.74, 6) is 2.39. The Labute approximate surface area is 292 Å². The van der Waals surface area contributed by atoms with Crippen LogP contribution in [0.15, 0.2) is 112 Å². The summed E-state index contributed by atoms with van der Waals surface area (Å²) in [7, 11) is 1.88. The van der Waals surface area contributed by atoms with Gasteiger partial charge < -0.3 is 24.3 Å². The Hall–Kier alpha value is -5.82. The summed E-state index contributed by atoms with van der Waals surface area (Å²) in [4.78, 5) is 24.1. The molecular weight excluding hydrogens is 655 g/mol. The van der Waals surface area contributed by atoms with Crippen LogP contribution in [-0.2, 0) is 28.9 Å². The summed E-state index contributed by atoms with van der Waals surface area (Å²) >= 11 is -1.75. The highest BCUT2D eigenvalue weighted by atomic mass is 32.2. The number of anilines is 1. The van der Waals surface area contributed by atoms with Gasteiger partial charge in [0.1, 0.15) is 29.6 Å². The van der Waals surface area contributed by atoms with Crippen molar-refractivity contribution in [2.45, 2.75) is 44.8 Å². The number of carbonyl (C=O) groups is 1. The van der Waals surface area contributed by atoms with Crippen LogP contribution in [0.4, 0.5) is 11.4 Å². The number of aryl methyl sites for hydroxylation is 1. The molecule has 2 atom stereocenters. The number of rotatable bonds is 14. The van der Waals surface area contributed by atoms with E-state index in [-0.39, 0.29) is 5.91 Å². The van der Waals surface area contributed by atoms with Crippen LogP contribution in [0, 0.1) is 6.92 Å². The van der Waals surface area contributed by atoms with E-state index in [0.717, 1.165) is 28.2 Å². The summed E-state index contributed by atoms with van der Waals surface area (Å²) in [6, 6.07) is 29.3. The molecule has 0 aliphatic carbocycles. The van der Waals surface area contributed by atoms with E-state index in [9.17, 15) is 9.00 Å². The standard InChI is InChI=1S/C37H37N7O5S/c1-24-22-28(38-4)10-19-33(24)40-35-25(2)42-44-36(35)41-34(43-44)20-21-39-37(45)26(3)48-30-15-17-32(18-16-30)50(46)49-31-13-11-29(12-14-31)47-23-27-8-6-5-7-9-27/h5-19,22,26,38H,20-21,23H2,1-4H3,(H,39,45). The normalized spacial score (nSPS) is 14.0. The van der Waals surface area contributed by atoms with Crippen LogP contribution in [0.2, 0.25) is 0 Å². The van der Waals surface area contributed by atoms with Gasteiger partial charge in [0, 0.05) is 25.7 Å². The maximum absolute atomic E-state index is 12.8. The summed E-state index contributed by atoms with van der Waals surface area (Å²) in [6.45, 7) is 6.30. The molecule has 2 heterocycles. The molecule has 2 N–H and O–H groups in total. The number of carbonyl (C=O) groups excluding carboxylic acids is 1. The van der Waals surface area contributed by atoms with E-state index in [1.54, 1.807) is 55.5 Å². The van der Waals surface area contributed by atoms with E-state index in [1.807, 2.05) is 69.4 Å². The molecule has 0 saturated carbocycles. The Kier molecular flexibility index (Phi) is 10.6. The second kappa shape index (κ2) is 15.6. The largest absolute Gasteiger partial charge is 0.489 e. The summed E-state index contributed by atoms with van der Waals surface area (Å²) in [5.41, 5.74) is 5.32. The molecule has 50 heavy (non-hydrogen) atoms. The average molecular weight is 692 g/mol. The molecule has 13 heteroatoms. The van der Waals surface area contributed by atoms with Gasteiger partial charge in [0.05, 0.1) is 16.3 Å². The van der Waals surface area contributed by atoms with Crippen LogP contribution in [0.25, 0.3) is 0 Å². The second-order valence-corrected chi connectivity index (χ2v) is 12.6. The maximum Gasteiger partial charge on any atom is 0.260 e. The van der Waals surface area contributed by atoms with E-state index >= 15 is 0 Å². The van der Waals surface area contributed by atoms with Crippen molar-refractivity contribution in [3.63, 3.8) is 0 Å². The van der Waals surface area contributed by atoms with E-state index in [4.69, 9.17) is 18.6 Å². The predicted octanol–water partition coefficient (Wildman–Crippen LogP) is 5.79. The van der Waals surface area contributed by atoms with Gasteiger partial charge in [-0.1, -0.05) is 30.3 Å². The van der Waals surface area contributed by atoms with Crippen molar-refractivity contribution in [2.24, 2.45) is 10.1 Å². The van der Waals surface area contributed by atoms with Crippen LogP contribution < -0.4 is 24.3 Å². The fraction of sp³-hybridized carbons (Fsp3) is 0.216. The molecule has 0 saturated heterocycles. The van der Waals surface area contributed by atoms with Gasteiger partial charge in [0.2, 0.25) is 16.9 Å². The quantitative estimate of drug-likeness (QED) is 0.149. The Morgan fingerprint density at radius 3 is 2.38 bits per heavy atom. The lowest BCUT2D eigenvalue weighted by molar-refractivity contribution is -0.127. The first-order chi connectivity index (χ1) is 24.2. The molecule has 0 spiro atoms. The molecule has 1 aliphatic heterocycles. The molecule has 0 fully saturated rings. The first kappa shape index (κ1) is 34.1. The fourth-order valence-corrected chi connectivity index (χ4v) is 5.74. The molecule has 12 nitrogen and oxygen atoms in total. The van der Waals surface area contributed by atoms with Gasteiger partial charge in [-0.25, -0.2) is 14.2 Å². The lowest BCUT2D eigenvalue weighted by Gasteiger charge is -2.14. The number of fused-ring (bicyclic) bond motifs is 1. The van der Waals surface area contributed by atoms with Crippen molar-refractivity contribution in [3.8, 4) is 17.2 Å². The van der Waals surface area contributed by atoms with E-state index in [1.165, 1.54) is 4.79 Å². The zero-order valence-corrected chi connectivity index (χ0v) is 28.9. The monoisotopic (exact) mass is 691 g/mol. The smallest absolute Gasteiger partial charge is 0.260 e. The molecule has 5 aromatic rings. The number of nitrogens with zero attached hydrogens (tertiary/aromatic N) is 5. The maximum atomic E-state index is 12.8. The Morgan fingerprint density at radius 2 is 1.66 bits per heavy atom. The van der Waals surface area contributed by atoms with Crippen LogP contribution in [-0.4, -0.2) is 56.1 Å². The Balaban J connectivity index is 0.956. The number of amides is 1. The van der Waals surface area contributed by atoms with Gasteiger partial charge in [-0.2, -0.15) is 5.10 Å². The molecule has 1 aromatic heterocycles. The molecule has 0 radical (unpaired) electrons. The number of ether oxygens (including phenoxy) is 2. The van der Waals surface area contributed by atoms with Crippen molar-refractivity contribution in [3.05, 3.63) is 120 Å². The number of aliphatic imine (C=N–C) groups is 1. The van der Waals surface area contributed by atoms with E-state index in [2.05, 4.69) is 25.8 Å². The van der Waals surface area contributed by atoms with Crippen LogP contribution in [0.5, 0.6) is 17.2 Å². The van der Waals surface area contributed by atoms with Gasteiger partial charge in [-0.3, -0.25) is 4.79 Å². The van der Waals surface area contributed by atoms with Gasteiger partial charge in [0.15, 0.2) is 11.9 Å². The van der Waals surface area contributed by atoms with Gasteiger partial charge in [0.25, 0.3) is 5.91 Å². The highest BCUT2D eigenvalue weighted by molar-refractivity contribution is 7.80. The Morgan fingerprint density at radius 1 is 0.940 bits per heavy atom. The number of nitrogens with one attached hydrogen (secondary N) is 2. The molecule has 6 rings (SSSR count). The summed E-state index contributed by atoms with van der Waals surface area (Å²) in [6.07, 6.45) is -0.367. The number of hydrogen-bond acceptors (Lipinski definition) is 10. The van der Waals surface area contributed by atoms with Crippen molar-refractivity contribution < 1.29 is 22.7 Å². The molecule has 256 valence electrons. The van der Waals surface area contributed by atoms with Crippen molar-refractivity contribution >= 4 is 39.8 Å². The van der Waals surface area contributed by atoms with Gasteiger partial charge in [-0.15, -0.1) is 9.89 Å². The third-order valence-corrected chi connectivity index (χ3v) is 8.74. The molecule has 4 aromatic carbocycles. The summed E-state index contributed by atoms with van der Waals surface area (Å²) < 4.78 is 30.0. The minimum absolute atomic E-state index is 0.291. The van der Waals surface area contributed by atoms with Crippen LogP contribution in [0.1, 0.15) is 36.6 Å². The zero-order valence-electron chi connectivity index (χ0n) is 28.1. The molecule has 1 amide bonds. The predicted molar refractivity (Wildman–Crippen MR) is 193 cm³/mol. The van der Waals surface area contributed by atoms with Crippen molar-refractivity contribution in [2.75, 3.05) is 18.9 Å². The lowest BCUT2D eigenvalue weighted by Crippen LogP contribution is -2.37. The minimum atomic E-state index is -1.75. The first-order valence-electron chi connectivity index (χ1n) is 16.1. The van der Waals surface area contributed by atoms with Crippen molar-refractivity contribution in [1.82, 2.24) is 20.2 Å². The molecule has 2 unspecified atom stereocenters. The van der Waals surface area contributed by atoms with Gasteiger partial charge >= 0.3 is 0 Å². The van der Waals surface area contributed by atoms with Crippen molar-refractivity contribution in [1.29, 1.82) is 0 Å². The fourth-order valence-electron chi connectivity index (χ4n) is 5.00. The highest BCUT2D eigenvalue weighted by Crippen LogP contribution is 2.25. The number of benzene rings is 4. The topological polar surface area (TPSA) is 141 Å². The van der Waals surface area contributed by atoms with Crippen LogP contribution >= 0.6 is 0 Å². The SMILES string of the molecule is CNc1ccc(N=C2C(C)=Nn3nc(CCNC(=O)C(C)Oc4ccc(S(=O)Oc5ccc(OCc6ccccc6)cc5)cc4)nc32)c(C)c1. The summed E-state index contributed by atoms with van der Waals surface area (Å²) in [5, 5.41) is 14.9. The Bertz CT molecular complexity index is 2050. The average Bonchev–Trinajstić information content (AvgIpc) is 3.65. The van der Waals surface area contributed by atoms with Gasteiger partial charge in [-0.05, 0) is 98.6 Å². The minimum Gasteiger partial charge on any atom is -0.489 e. The van der Waals surface area contributed by atoms with Crippen LogP contribution in [0.3, 0.4) is 0 Å². The molecular formula is C37H37N7O5S. The first-order valence-corrected chi connectivity index (χ1v) is 17.1. The van der Waals surface area contributed by atoms with E-state index in [0.29, 0.717) is 59.1 Å². The second-order valence-electron chi connectivity index (χ2n) is 11.5. The van der Waals surface area contributed by atoms with E-state index < -0.39 is 17.2 Å². The third kappa shape index (κ3) is 8.42. The zero-order chi connectivity index (χ0) is 35.0. The third-order valence-electron chi connectivity index (χ3n) is 7.74.